The third-order valence-electron chi connectivity index (χ3n) is 2.88. The van der Waals surface area contributed by atoms with Crippen molar-refractivity contribution in [3.8, 4) is 11.8 Å². The third-order valence-corrected chi connectivity index (χ3v) is 3.41. The molecule has 4 heteroatoms. The van der Waals surface area contributed by atoms with E-state index in [1.807, 2.05) is 30.3 Å². The van der Waals surface area contributed by atoms with Crippen molar-refractivity contribution >= 4 is 34.7 Å². The molecule has 0 bridgehead atoms. The summed E-state index contributed by atoms with van der Waals surface area (Å²) in [5, 5.41) is 0. The van der Waals surface area contributed by atoms with Crippen LogP contribution >= 0.6 is 23.2 Å². The van der Waals surface area contributed by atoms with Gasteiger partial charge < -0.3 is 4.74 Å². The number of alkyl halides is 2. The summed E-state index contributed by atoms with van der Waals surface area (Å²) in [6.07, 6.45) is 2.20. The number of esters is 1. The first-order chi connectivity index (χ1) is 10.7. The van der Waals surface area contributed by atoms with E-state index in [1.54, 1.807) is 6.92 Å². The molecule has 0 aliphatic rings. The number of allylic oxidation sites excluding steroid dienone is 2. The summed E-state index contributed by atoms with van der Waals surface area (Å²) in [4.78, 5) is 11.9. The molecule has 118 valence electrons. The molecule has 0 saturated heterocycles. The van der Waals surface area contributed by atoms with Crippen LogP contribution in [0.5, 0.6) is 0 Å². The van der Waals surface area contributed by atoms with Gasteiger partial charge in [0.1, 0.15) is 5.76 Å². The van der Waals surface area contributed by atoms with E-state index in [-0.39, 0.29) is 5.97 Å². The molecule has 0 unspecified atom stereocenters. The van der Waals surface area contributed by atoms with Crippen molar-refractivity contribution in [2.24, 2.45) is 0 Å². The Morgan fingerprint density at radius 1 is 1.09 bits per heavy atom. The van der Waals surface area contributed by atoms with Crippen LogP contribution in [0.25, 0.3) is 5.57 Å². The van der Waals surface area contributed by atoms with E-state index in [4.69, 9.17) is 27.9 Å². The SMILES string of the molecule is CC#C/C(=C(/CCCCl)OC(=O)CCCCl)c1ccccc1. The maximum atomic E-state index is 11.9. The first-order valence-corrected chi connectivity index (χ1v) is 8.33. The van der Waals surface area contributed by atoms with Crippen LogP contribution < -0.4 is 0 Å². The summed E-state index contributed by atoms with van der Waals surface area (Å²) in [6, 6.07) is 9.70. The maximum absolute atomic E-state index is 11.9. The average molecular weight is 339 g/mol. The predicted molar refractivity (Wildman–Crippen MR) is 92.8 cm³/mol. The van der Waals surface area contributed by atoms with Gasteiger partial charge in [-0.15, -0.1) is 29.1 Å². The summed E-state index contributed by atoms with van der Waals surface area (Å²) in [7, 11) is 0. The highest BCUT2D eigenvalue weighted by Gasteiger charge is 2.13. The molecule has 0 amide bonds. The number of ether oxygens (including phenoxy) is 1. The lowest BCUT2D eigenvalue weighted by Gasteiger charge is -2.12. The van der Waals surface area contributed by atoms with Crippen LogP contribution in [0.4, 0.5) is 0 Å². The average Bonchev–Trinajstić information content (AvgIpc) is 2.55. The quantitative estimate of drug-likeness (QED) is 0.288. The zero-order valence-electron chi connectivity index (χ0n) is 12.7. The van der Waals surface area contributed by atoms with E-state index in [1.165, 1.54) is 0 Å². The van der Waals surface area contributed by atoms with Crippen LogP contribution in [0.15, 0.2) is 36.1 Å². The lowest BCUT2D eigenvalue weighted by atomic mass is 10.0. The Balaban J connectivity index is 3.10. The molecule has 1 aromatic rings. The van der Waals surface area contributed by atoms with Gasteiger partial charge in [0.2, 0.25) is 0 Å². The highest BCUT2D eigenvalue weighted by atomic mass is 35.5. The Labute approximate surface area is 142 Å². The minimum absolute atomic E-state index is 0.281. The normalized spacial score (nSPS) is 11.2. The van der Waals surface area contributed by atoms with Gasteiger partial charge in [-0.05, 0) is 25.3 Å². The van der Waals surface area contributed by atoms with Crippen LogP contribution in [0.2, 0.25) is 0 Å². The fourth-order valence-electron chi connectivity index (χ4n) is 1.89. The van der Waals surface area contributed by atoms with Crippen molar-refractivity contribution in [2.45, 2.75) is 32.6 Å². The molecule has 0 heterocycles. The smallest absolute Gasteiger partial charge is 0.310 e. The van der Waals surface area contributed by atoms with Gasteiger partial charge in [0.25, 0.3) is 0 Å². The number of hydrogen-bond donors (Lipinski definition) is 0. The lowest BCUT2D eigenvalue weighted by molar-refractivity contribution is -0.139. The highest BCUT2D eigenvalue weighted by molar-refractivity contribution is 6.18. The Bertz CT molecular complexity index is 553. The summed E-state index contributed by atoms with van der Waals surface area (Å²) in [5.74, 6) is 7.19. The van der Waals surface area contributed by atoms with Gasteiger partial charge in [-0.1, -0.05) is 36.3 Å². The Morgan fingerprint density at radius 2 is 1.73 bits per heavy atom. The number of carbonyl (C=O) groups is 1. The van der Waals surface area contributed by atoms with E-state index in [0.717, 1.165) is 17.6 Å². The third kappa shape index (κ3) is 6.56. The van der Waals surface area contributed by atoms with Crippen molar-refractivity contribution in [1.29, 1.82) is 0 Å². The molecule has 0 aromatic heterocycles. The first kappa shape index (κ1) is 18.6. The monoisotopic (exact) mass is 338 g/mol. The van der Waals surface area contributed by atoms with Gasteiger partial charge in [0, 0.05) is 24.6 Å². The largest absolute Gasteiger partial charge is 0.430 e. The van der Waals surface area contributed by atoms with E-state index < -0.39 is 0 Å². The molecule has 1 rings (SSSR count). The van der Waals surface area contributed by atoms with Gasteiger partial charge in [-0.3, -0.25) is 4.79 Å². The molecule has 0 aliphatic carbocycles. The fourth-order valence-corrected chi connectivity index (χ4v) is 2.15. The standard InChI is InChI=1S/C18H20Cl2O2/c1-2-8-16(15-9-4-3-5-10-15)17(11-6-13-19)22-18(21)12-7-14-20/h3-5,9-10H,6-7,11-14H2,1H3/b17-16+. The second-order valence-corrected chi connectivity index (χ2v) is 5.35. The summed E-state index contributed by atoms with van der Waals surface area (Å²) < 4.78 is 5.54. The molecule has 0 aliphatic heterocycles. The first-order valence-electron chi connectivity index (χ1n) is 7.26. The zero-order valence-corrected chi connectivity index (χ0v) is 14.2. The highest BCUT2D eigenvalue weighted by Crippen LogP contribution is 2.23. The minimum Gasteiger partial charge on any atom is -0.430 e. The van der Waals surface area contributed by atoms with E-state index in [9.17, 15) is 4.79 Å². The van der Waals surface area contributed by atoms with Crippen LogP contribution in [-0.4, -0.2) is 17.7 Å². The molecule has 0 atom stereocenters. The molecular weight excluding hydrogens is 319 g/mol. The molecule has 0 spiro atoms. The van der Waals surface area contributed by atoms with Gasteiger partial charge in [-0.2, -0.15) is 0 Å². The molecule has 1 aromatic carbocycles. The number of rotatable bonds is 8. The summed E-state index contributed by atoms with van der Waals surface area (Å²) in [6.45, 7) is 1.76. The molecule has 0 radical (unpaired) electrons. The minimum atomic E-state index is -0.281. The van der Waals surface area contributed by atoms with Gasteiger partial charge >= 0.3 is 5.97 Å². The number of hydrogen-bond acceptors (Lipinski definition) is 2. The van der Waals surface area contributed by atoms with E-state index >= 15 is 0 Å². The second kappa shape index (κ2) is 11.2. The summed E-state index contributed by atoms with van der Waals surface area (Å²) in [5.41, 5.74) is 1.68. The van der Waals surface area contributed by atoms with Gasteiger partial charge in [0.15, 0.2) is 0 Å². The van der Waals surface area contributed by atoms with Crippen LogP contribution in [0.3, 0.4) is 0 Å². The van der Waals surface area contributed by atoms with Crippen LogP contribution in [0.1, 0.15) is 38.2 Å². The summed E-state index contributed by atoms with van der Waals surface area (Å²) >= 11 is 11.4. The van der Waals surface area contributed by atoms with Crippen molar-refractivity contribution < 1.29 is 9.53 Å². The second-order valence-electron chi connectivity index (χ2n) is 4.60. The Morgan fingerprint density at radius 3 is 2.32 bits per heavy atom. The van der Waals surface area contributed by atoms with Crippen molar-refractivity contribution in [1.82, 2.24) is 0 Å². The Hall–Kier alpha value is -1.43. The number of halogens is 2. The van der Waals surface area contributed by atoms with Crippen molar-refractivity contribution in [3.63, 3.8) is 0 Å². The molecule has 0 fully saturated rings. The van der Waals surface area contributed by atoms with Gasteiger partial charge in [-0.25, -0.2) is 0 Å². The number of carbonyl (C=O) groups excluding carboxylic acids is 1. The van der Waals surface area contributed by atoms with Crippen molar-refractivity contribution in [3.05, 3.63) is 41.7 Å². The molecule has 0 saturated carbocycles. The number of benzene rings is 1. The molecule has 0 N–H and O–H groups in total. The molecular formula is C18H20Cl2O2. The van der Waals surface area contributed by atoms with E-state index in [0.29, 0.717) is 36.8 Å². The van der Waals surface area contributed by atoms with Crippen molar-refractivity contribution in [2.75, 3.05) is 11.8 Å². The zero-order chi connectivity index (χ0) is 16.2. The van der Waals surface area contributed by atoms with Gasteiger partial charge in [0.05, 0.1) is 5.57 Å². The fraction of sp³-hybridized carbons (Fsp3) is 0.389. The molecule has 2 nitrogen and oxygen atoms in total. The van der Waals surface area contributed by atoms with Crippen LogP contribution in [-0.2, 0) is 9.53 Å². The van der Waals surface area contributed by atoms with E-state index in [2.05, 4.69) is 11.8 Å². The predicted octanol–water partition coefficient (Wildman–Crippen LogP) is 5.00. The Kier molecular flexibility index (Phi) is 9.46. The maximum Gasteiger partial charge on any atom is 0.310 e. The molecule has 22 heavy (non-hydrogen) atoms. The topological polar surface area (TPSA) is 26.3 Å². The van der Waals surface area contributed by atoms with Crippen LogP contribution in [0, 0.1) is 11.8 Å². The lowest BCUT2D eigenvalue weighted by Crippen LogP contribution is -2.07.